The van der Waals surface area contributed by atoms with Crippen molar-refractivity contribution in [2.75, 3.05) is 32.0 Å². The quantitative estimate of drug-likeness (QED) is 0.892. The number of likely N-dealkylation sites (tertiary alicyclic amines) is 1. The summed E-state index contributed by atoms with van der Waals surface area (Å²) in [5, 5.41) is 7.75. The monoisotopic (exact) mass is 358 g/mol. The summed E-state index contributed by atoms with van der Waals surface area (Å²) in [5.74, 6) is 0.187. The predicted molar refractivity (Wildman–Crippen MR) is 91.3 cm³/mol. The first-order valence-electron chi connectivity index (χ1n) is 8.44. The molecule has 7 nitrogen and oxygen atoms in total. The van der Waals surface area contributed by atoms with Gasteiger partial charge in [-0.15, -0.1) is 5.10 Å². The van der Waals surface area contributed by atoms with Crippen molar-refractivity contribution >= 4 is 18.0 Å². The van der Waals surface area contributed by atoms with Crippen LogP contribution in [-0.2, 0) is 14.9 Å². The Labute approximate surface area is 149 Å². The number of nitrogens with two attached hydrogens (primary N) is 1. The van der Waals surface area contributed by atoms with Gasteiger partial charge in [-0.25, -0.2) is 4.39 Å². The summed E-state index contributed by atoms with van der Waals surface area (Å²) >= 11 is 0. The van der Waals surface area contributed by atoms with E-state index in [4.69, 9.17) is 14.9 Å². The molecule has 2 fully saturated rings. The molecule has 0 saturated carbocycles. The lowest BCUT2D eigenvalue weighted by Crippen LogP contribution is -2.37. The van der Waals surface area contributed by atoms with E-state index in [1.807, 2.05) is 0 Å². The second kappa shape index (κ2) is 6.53. The maximum Gasteiger partial charge on any atom is 0.312 e. The van der Waals surface area contributed by atoms with E-state index in [2.05, 4.69) is 10.2 Å². The minimum absolute atomic E-state index is 0.0117. The average molecular weight is 358 g/mol. The first-order valence-corrected chi connectivity index (χ1v) is 8.44. The van der Waals surface area contributed by atoms with Gasteiger partial charge in [0.1, 0.15) is 5.82 Å². The van der Waals surface area contributed by atoms with Gasteiger partial charge in [-0.1, -0.05) is 35.4 Å². The SMILES string of the molecule is Nc1nnc([C@@]23COC[C@@H]2CN(C(=O)C/C=C/c2ccccc2F)C3)o1. The van der Waals surface area contributed by atoms with Gasteiger partial charge in [0.25, 0.3) is 0 Å². The number of rotatable bonds is 4. The third kappa shape index (κ3) is 2.86. The molecule has 2 aliphatic heterocycles. The minimum Gasteiger partial charge on any atom is -0.407 e. The van der Waals surface area contributed by atoms with E-state index in [0.717, 1.165) is 0 Å². The first-order chi connectivity index (χ1) is 12.6. The summed E-state index contributed by atoms with van der Waals surface area (Å²) in [6.07, 6.45) is 3.51. The number of benzene rings is 1. The fourth-order valence-corrected chi connectivity index (χ4v) is 3.69. The number of carbonyl (C=O) groups is 1. The van der Waals surface area contributed by atoms with Crippen molar-refractivity contribution < 1.29 is 18.3 Å². The zero-order chi connectivity index (χ0) is 18.1. The summed E-state index contributed by atoms with van der Waals surface area (Å²) in [7, 11) is 0. The molecule has 0 aliphatic carbocycles. The van der Waals surface area contributed by atoms with Crippen LogP contribution in [0.2, 0.25) is 0 Å². The smallest absolute Gasteiger partial charge is 0.312 e. The lowest BCUT2D eigenvalue weighted by atomic mass is 9.81. The van der Waals surface area contributed by atoms with E-state index in [1.165, 1.54) is 6.07 Å². The van der Waals surface area contributed by atoms with Crippen LogP contribution in [-0.4, -0.2) is 47.3 Å². The Morgan fingerprint density at radius 2 is 2.27 bits per heavy atom. The Morgan fingerprint density at radius 3 is 3.04 bits per heavy atom. The molecule has 2 saturated heterocycles. The highest BCUT2D eigenvalue weighted by molar-refractivity contribution is 5.79. The topological polar surface area (TPSA) is 94.5 Å². The number of aromatic nitrogens is 2. The van der Waals surface area contributed by atoms with Crippen molar-refractivity contribution in [3.05, 3.63) is 47.6 Å². The molecule has 1 aromatic heterocycles. The molecular weight excluding hydrogens is 339 g/mol. The maximum absolute atomic E-state index is 13.6. The molecule has 0 unspecified atom stereocenters. The summed E-state index contributed by atoms with van der Waals surface area (Å²) in [6.45, 7) is 1.98. The van der Waals surface area contributed by atoms with Crippen LogP contribution in [0.5, 0.6) is 0 Å². The predicted octanol–water partition coefficient (Wildman–Crippen LogP) is 1.62. The second-order valence-corrected chi connectivity index (χ2v) is 6.72. The summed E-state index contributed by atoms with van der Waals surface area (Å²) in [5.41, 5.74) is 5.52. The van der Waals surface area contributed by atoms with Crippen molar-refractivity contribution in [3.8, 4) is 0 Å². The van der Waals surface area contributed by atoms with E-state index in [9.17, 15) is 9.18 Å². The highest BCUT2D eigenvalue weighted by Crippen LogP contribution is 2.43. The van der Waals surface area contributed by atoms with Crippen molar-refractivity contribution in [3.63, 3.8) is 0 Å². The lowest BCUT2D eigenvalue weighted by Gasteiger charge is -2.22. The molecule has 26 heavy (non-hydrogen) atoms. The molecule has 8 heteroatoms. The molecule has 0 bridgehead atoms. The summed E-state index contributed by atoms with van der Waals surface area (Å²) in [6, 6.07) is 6.46. The number of hydrogen-bond donors (Lipinski definition) is 1. The minimum atomic E-state index is -0.491. The number of amides is 1. The number of anilines is 1. The van der Waals surface area contributed by atoms with Gasteiger partial charge in [0.15, 0.2) is 0 Å². The van der Waals surface area contributed by atoms with Gasteiger partial charge < -0.3 is 19.8 Å². The third-order valence-corrected chi connectivity index (χ3v) is 5.09. The van der Waals surface area contributed by atoms with Crippen molar-refractivity contribution in [1.82, 2.24) is 15.1 Å². The number of ether oxygens (including phenoxy) is 1. The summed E-state index contributed by atoms with van der Waals surface area (Å²) < 4.78 is 24.6. The van der Waals surface area contributed by atoms with Gasteiger partial charge in [-0.3, -0.25) is 4.79 Å². The van der Waals surface area contributed by atoms with Crippen LogP contribution < -0.4 is 5.73 Å². The Hall–Kier alpha value is -2.74. The van der Waals surface area contributed by atoms with E-state index < -0.39 is 5.41 Å². The van der Waals surface area contributed by atoms with E-state index >= 15 is 0 Å². The molecule has 3 heterocycles. The van der Waals surface area contributed by atoms with Crippen LogP contribution in [0, 0.1) is 11.7 Å². The highest BCUT2D eigenvalue weighted by Gasteiger charge is 2.56. The number of fused-ring (bicyclic) bond motifs is 1. The number of nitrogen functional groups attached to an aromatic ring is 1. The molecule has 2 aliphatic rings. The molecule has 0 spiro atoms. The van der Waals surface area contributed by atoms with Crippen LogP contribution >= 0.6 is 0 Å². The summed E-state index contributed by atoms with van der Waals surface area (Å²) in [4.78, 5) is 14.4. The number of halogens is 1. The van der Waals surface area contributed by atoms with Crippen LogP contribution in [0.3, 0.4) is 0 Å². The van der Waals surface area contributed by atoms with Crippen molar-refractivity contribution in [2.45, 2.75) is 11.8 Å². The molecular formula is C18H19FN4O3. The lowest BCUT2D eigenvalue weighted by molar-refractivity contribution is -0.129. The fraction of sp³-hybridized carbons (Fsp3) is 0.389. The van der Waals surface area contributed by atoms with Crippen LogP contribution in [0.4, 0.5) is 10.4 Å². The highest BCUT2D eigenvalue weighted by atomic mass is 19.1. The van der Waals surface area contributed by atoms with Gasteiger partial charge in [0.2, 0.25) is 11.8 Å². The van der Waals surface area contributed by atoms with Crippen molar-refractivity contribution in [2.24, 2.45) is 5.92 Å². The molecule has 136 valence electrons. The van der Waals surface area contributed by atoms with Gasteiger partial charge in [0, 0.05) is 31.0 Å². The van der Waals surface area contributed by atoms with E-state index in [1.54, 1.807) is 35.3 Å². The standard InChI is InChI=1S/C18H19FN4O3/c19-14-6-2-1-4-12(14)5-3-7-15(24)23-8-13-9-25-11-18(13,10-23)16-21-22-17(20)26-16/h1-6,13H,7-11H2,(H2,20,22)/b5-3+/t13-,18-/m0/s1. The Kier molecular flexibility index (Phi) is 4.20. The Morgan fingerprint density at radius 1 is 1.42 bits per heavy atom. The molecule has 4 rings (SSSR count). The van der Waals surface area contributed by atoms with Gasteiger partial charge in [0.05, 0.1) is 18.6 Å². The molecule has 1 amide bonds. The first kappa shape index (κ1) is 16.7. The number of nitrogens with zero attached hydrogens (tertiary/aromatic N) is 3. The molecule has 2 atom stereocenters. The number of hydrogen-bond acceptors (Lipinski definition) is 6. The Balaban J connectivity index is 1.44. The van der Waals surface area contributed by atoms with Crippen LogP contribution in [0.1, 0.15) is 17.9 Å². The average Bonchev–Trinajstić information content (AvgIpc) is 3.30. The normalized spacial score (nSPS) is 25.1. The molecule has 2 aromatic rings. The Bertz CT molecular complexity index is 852. The second-order valence-electron chi connectivity index (χ2n) is 6.72. The largest absolute Gasteiger partial charge is 0.407 e. The van der Waals surface area contributed by atoms with Gasteiger partial charge in [-0.05, 0) is 6.07 Å². The maximum atomic E-state index is 13.6. The van der Waals surface area contributed by atoms with Crippen molar-refractivity contribution in [1.29, 1.82) is 0 Å². The zero-order valence-corrected chi connectivity index (χ0v) is 14.1. The number of carbonyl (C=O) groups excluding carboxylic acids is 1. The van der Waals surface area contributed by atoms with E-state index in [0.29, 0.717) is 37.8 Å². The zero-order valence-electron chi connectivity index (χ0n) is 14.1. The molecule has 1 aromatic carbocycles. The van der Waals surface area contributed by atoms with Gasteiger partial charge >= 0.3 is 6.01 Å². The molecule has 2 N–H and O–H groups in total. The van der Waals surface area contributed by atoms with E-state index in [-0.39, 0.29) is 30.1 Å². The van der Waals surface area contributed by atoms with Crippen LogP contribution in [0.25, 0.3) is 6.08 Å². The van der Waals surface area contributed by atoms with Gasteiger partial charge in [-0.2, -0.15) is 0 Å². The molecule has 0 radical (unpaired) electrons. The fourth-order valence-electron chi connectivity index (χ4n) is 3.69. The third-order valence-electron chi connectivity index (χ3n) is 5.09. The van der Waals surface area contributed by atoms with Crippen LogP contribution in [0.15, 0.2) is 34.8 Å².